The van der Waals surface area contributed by atoms with Crippen LogP contribution < -0.4 is 14.8 Å². The van der Waals surface area contributed by atoms with Crippen molar-refractivity contribution in [1.82, 2.24) is 4.98 Å². The molecule has 30 heavy (non-hydrogen) atoms. The maximum absolute atomic E-state index is 12.5. The van der Waals surface area contributed by atoms with Crippen LogP contribution in [-0.4, -0.2) is 25.9 Å². The topological polar surface area (TPSA) is 97.4 Å². The number of benzene rings is 2. The first-order chi connectivity index (χ1) is 14.4. The van der Waals surface area contributed by atoms with Crippen LogP contribution in [0.1, 0.15) is 24.6 Å². The molecule has 7 nitrogen and oxygen atoms in total. The number of amides is 1. The summed E-state index contributed by atoms with van der Waals surface area (Å²) in [6, 6.07) is 13.8. The van der Waals surface area contributed by atoms with Crippen molar-refractivity contribution < 1.29 is 17.9 Å². The second kappa shape index (κ2) is 9.73. The molecule has 0 saturated carbocycles. The molecule has 0 aliphatic heterocycles. The molecular weight excluding hydrogens is 422 g/mol. The lowest BCUT2D eigenvalue weighted by molar-refractivity contribution is -0.116. The summed E-state index contributed by atoms with van der Waals surface area (Å²) >= 11 is 1.19. The van der Waals surface area contributed by atoms with E-state index in [4.69, 9.17) is 4.74 Å². The van der Waals surface area contributed by atoms with Gasteiger partial charge < -0.3 is 10.1 Å². The van der Waals surface area contributed by atoms with E-state index in [2.05, 4.69) is 15.0 Å². The van der Waals surface area contributed by atoms with Crippen LogP contribution in [0.2, 0.25) is 0 Å². The van der Waals surface area contributed by atoms with Gasteiger partial charge in [-0.15, -0.1) is 11.3 Å². The third-order valence-electron chi connectivity index (χ3n) is 4.17. The van der Waals surface area contributed by atoms with E-state index in [0.29, 0.717) is 30.2 Å². The Bertz CT molecular complexity index is 1110. The molecular formula is C21H23N3O4S2. The van der Waals surface area contributed by atoms with Gasteiger partial charge in [0.15, 0.2) is 5.13 Å². The van der Waals surface area contributed by atoms with Crippen LogP contribution in [0, 0.1) is 6.92 Å². The lowest BCUT2D eigenvalue weighted by Crippen LogP contribution is -2.14. The van der Waals surface area contributed by atoms with Gasteiger partial charge in [0, 0.05) is 11.8 Å². The fraction of sp³-hybridized carbons (Fsp3) is 0.238. The number of aromatic nitrogens is 1. The minimum absolute atomic E-state index is 0.170. The van der Waals surface area contributed by atoms with Crippen molar-refractivity contribution in [2.45, 2.75) is 31.6 Å². The van der Waals surface area contributed by atoms with E-state index in [1.807, 2.05) is 26.0 Å². The van der Waals surface area contributed by atoms with Gasteiger partial charge in [-0.1, -0.05) is 29.8 Å². The number of hydrogen-bond acceptors (Lipinski definition) is 6. The van der Waals surface area contributed by atoms with Gasteiger partial charge in [-0.25, -0.2) is 13.4 Å². The van der Waals surface area contributed by atoms with E-state index >= 15 is 0 Å². The zero-order valence-electron chi connectivity index (χ0n) is 16.7. The Morgan fingerprint density at radius 2 is 1.87 bits per heavy atom. The number of ether oxygens (including phenoxy) is 1. The molecule has 0 unspecified atom stereocenters. The first-order valence-electron chi connectivity index (χ1n) is 9.43. The van der Waals surface area contributed by atoms with Crippen LogP contribution in [0.5, 0.6) is 5.75 Å². The van der Waals surface area contributed by atoms with Crippen LogP contribution >= 0.6 is 11.3 Å². The molecule has 0 aliphatic carbocycles. The molecule has 2 N–H and O–H groups in total. The lowest BCUT2D eigenvalue weighted by atomic mass is 10.2. The highest BCUT2D eigenvalue weighted by Crippen LogP contribution is 2.24. The van der Waals surface area contributed by atoms with Gasteiger partial charge in [-0.3, -0.25) is 9.52 Å². The van der Waals surface area contributed by atoms with E-state index in [-0.39, 0.29) is 22.4 Å². The molecule has 0 bridgehead atoms. The van der Waals surface area contributed by atoms with Crippen LogP contribution in [0.15, 0.2) is 58.8 Å². The maximum Gasteiger partial charge on any atom is 0.263 e. The normalized spacial score (nSPS) is 11.1. The van der Waals surface area contributed by atoms with Crippen molar-refractivity contribution in [3.63, 3.8) is 0 Å². The van der Waals surface area contributed by atoms with Crippen molar-refractivity contribution in [3.8, 4) is 5.75 Å². The Labute approximate surface area is 180 Å². The molecule has 0 spiro atoms. The number of para-hydroxylation sites is 2. The molecule has 0 saturated heterocycles. The predicted molar refractivity (Wildman–Crippen MR) is 119 cm³/mol. The Kier molecular flexibility index (Phi) is 7.07. The second-order valence-corrected chi connectivity index (χ2v) is 9.08. The van der Waals surface area contributed by atoms with Crippen LogP contribution in [0.4, 0.5) is 10.8 Å². The number of sulfonamides is 1. The smallest absolute Gasteiger partial charge is 0.263 e. The number of hydrogen-bond donors (Lipinski definition) is 2. The monoisotopic (exact) mass is 445 g/mol. The molecule has 1 amide bonds. The number of rotatable bonds is 9. The molecule has 0 aliphatic rings. The minimum atomic E-state index is -3.69. The maximum atomic E-state index is 12.5. The number of nitrogens with one attached hydrogen (secondary N) is 2. The van der Waals surface area contributed by atoms with Gasteiger partial charge in [0.2, 0.25) is 5.91 Å². The van der Waals surface area contributed by atoms with Crippen molar-refractivity contribution in [1.29, 1.82) is 0 Å². The molecule has 2 aromatic carbocycles. The van der Waals surface area contributed by atoms with Crippen molar-refractivity contribution in [2.24, 2.45) is 0 Å². The Balaban J connectivity index is 1.57. The van der Waals surface area contributed by atoms with Gasteiger partial charge in [-0.05, 0) is 44.5 Å². The van der Waals surface area contributed by atoms with Gasteiger partial charge in [0.25, 0.3) is 10.0 Å². The van der Waals surface area contributed by atoms with E-state index < -0.39 is 10.0 Å². The van der Waals surface area contributed by atoms with Crippen LogP contribution in [0.3, 0.4) is 0 Å². The average molecular weight is 446 g/mol. The van der Waals surface area contributed by atoms with E-state index in [0.717, 1.165) is 5.56 Å². The fourth-order valence-electron chi connectivity index (χ4n) is 2.67. The number of aryl methyl sites for hydroxylation is 2. The highest BCUT2D eigenvalue weighted by molar-refractivity contribution is 7.93. The first kappa shape index (κ1) is 21.8. The van der Waals surface area contributed by atoms with Crippen LogP contribution in [0.25, 0.3) is 0 Å². The Morgan fingerprint density at radius 1 is 1.13 bits per heavy atom. The highest BCUT2D eigenvalue weighted by atomic mass is 32.2. The van der Waals surface area contributed by atoms with E-state index in [1.54, 1.807) is 41.8 Å². The molecule has 3 rings (SSSR count). The molecule has 0 atom stereocenters. The predicted octanol–water partition coefficient (Wildman–Crippen LogP) is 4.22. The third-order valence-corrected chi connectivity index (χ3v) is 6.46. The van der Waals surface area contributed by atoms with E-state index in [9.17, 15) is 13.2 Å². The van der Waals surface area contributed by atoms with Crippen molar-refractivity contribution in [3.05, 3.63) is 65.2 Å². The summed E-state index contributed by atoms with van der Waals surface area (Å²) in [6.45, 7) is 4.28. The standard InChI is InChI=1S/C21H23N3O4S2/c1-3-28-19-7-5-4-6-18(19)23-20(25)13-10-16-14-29-21(22-16)24-30(26,27)17-11-8-15(2)9-12-17/h4-9,11-12,14H,3,10,13H2,1-2H3,(H,22,24)(H,23,25). The molecule has 3 aromatic rings. The SMILES string of the molecule is CCOc1ccccc1NC(=O)CCc1csc(NS(=O)(=O)c2ccc(C)cc2)n1. The summed E-state index contributed by atoms with van der Waals surface area (Å²) in [6.07, 6.45) is 0.611. The fourth-order valence-corrected chi connectivity index (χ4v) is 4.66. The molecule has 1 aromatic heterocycles. The molecule has 9 heteroatoms. The third kappa shape index (κ3) is 5.80. The molecule has 0 fully saturated rings. The number of nitrogens with zero attached hydrogens (tertiary/aromatic N) is 1. The first-order valence-corrected chi connectivity index (χ1v) is 11.8. The van der Waals surface area contributed by atoms with Gasteiger partial charge in [0.1, 0.15) is 5.75 Å². The van der Waals surface area contributed by atoms with Gasteiger partial charge in [-0.2, -0.15) is 0 Å². The van der Waals surface area contributed by atoms with E-state index in [1.165, 1.54) is 11.3 Å². The second-order valence-electron chi connectivity index (χ2n) is 6.54. The van der Waals surface area contributed by atoms with Crippen LogP contribution in [-0.2, 0) is 21.2 Å². The van der Waals surface area contributed by atoms with Gasteiger partial charge in [0.05, 0.1) is 22.9 Å². The molecule has 158 valence electrons. The number of carbonyl (C=O) groups excluding carboxylic acids is 1. The highest BCUT2D eigenvalue weighted by Gasteiger charge is 2.16. The molecule has 1 heterocycles. The van der Waals surface area contributed by atoms with Crippen molar-refractivity contribution in [2.75, 3.05) is 16.6 Å². The summed E-state index contributed by atoms with van der Waals surface area (Å²) in [4.78, 5) is 16.8. The van der Waals surface area contributed by atoms with Gasteiger partial charge >= 0.3 is 0 Å². The summed E-state index contributed by atoms with van der Waals surface area (Å²) < 4.78 is 32.9. The average Bonchev–Trinajstić information content (AvgIpc) is 3.15. The largest absolute Gasteiger partial charge is 0.492 e. The summed E-state index contributed by atoms with van der Waals surface area (Å²) in [5, 5.41) is 4.85. The lowest BCUT2D eigenvalue weighted by Gasteiger charge is -2.10. The molecule has 0 radical (unpaired) electrons. The zero-order chi connectivity index (χ0) is 21.6. The number of thiazole rings is 1. The summed E-state index contributed by atoms with van der Waals surface area (Å²) in [5.41, 5.74) is 2.25. The zero-order valence-corrected chi connectivity index (χ0v) is 18.3. The number of carbonyl (C=O) groups is 1. The Morgan fingerprint density at radius 3 is 2.60 bits per heavy atom. The minimum Gasteiger partial charge on any atom is -0.492 e. The summed E-state index contributed by atoms with van der Waals surface area (Å²) in [5.74, 6) is 0.451. The quantitative estimate of drug-likeness (QED) is 0.514. The summed E-state index contributed by atoms with van der Waals surface area (Å²) in [7, 11) is -3.69. The Hall–Kier alpha value is -2.91. The van der Waals surface area contributed by atoms with Crippen molar-refractivity contribution >= 4 is 38.1 Å². The number of anilines is 2.